The van der Waals surface area contributed by atoms with Gasteiger partial charge in [0.2, 0.25) is 5.91 Å². The third kappa shape index (κ3) is 2.22. The highest BCUT2D eigenvalue weighted by molar-refractivity contribution is 5.77. The van der Waals surface area contributed by atoms with Crippen molar-refractivity contribution in [2.24, 2.45) is 0 Å². The number of hydrogen-bond acceptors (Lipinski definition) is 1. The van der Waals surface area contributed by atoms with Crippen molar-refractivity contribution >= 4 is 5.91 Å². The highest BCUT2D eigenvalue weighted by atomic mass is 16.2. The van der Waals surface area contributed by atoms with E-state index in [1.165, 1.54) is 0 Å². The molecule has 0 aliphatic carbocycles. The third-order valence-electron chi connectivity index (χ3n) is 1.60. The van der Waals surface area contributed by atoms with Crippen molar-refractivity contribution in [2.75, 3.05) is 6.54 Å². The minimum Gasteiger partial charge on any atom is -0.315 e. The molecule has 1 amide bonds. The molecule has 0 aromatic heterocycles. The van der Waals surface area contributed by atoms with E-state index >= 15 is 0 Å². The van der Waals surface area contributed by atoms with Crippen LogP contribution in [0.15, 0.2) is 24.4 Å². The highest BCUT2D eigenvalue weighted by Gasteiger charge is 2.07. The maximum Gasteiger partial charge on any atom is 0.226 e. The average Bonchev–Trinajstić information content (AvgIpc) is 2.07. The summed E-state index contributed by atoms with van der Waals surface area (Å²) in [4.78, 5) is 13.0. The van der Waals surface area contributed by atoms with Crippen LogP contribution >= 0.6 is 0 Å². The van der Waals surface area contributed by atoms with Gasteiger partial charge in [-0.25, -0.2) is 0 Å². The van der Waals surface area contributed by atoms with Crippen molar-refractivity contribution in [1.82, 2.24) is 4.90 Å². The normalized spacial score (nSPS) is 15.5. The molecule has 1 aliphatic heterocycles. The Hall–Kier alpha value is -1.05. The van der Waals surface area contributed by atoms with E-state index in [1.807, 2.05) is 31.4 Å². The molecule has 1 aliphatic rings. The third-order valence-corrected chi connectivity index (χ3v) is 1.60. The monoisotopic (exact) mass is 151 g/mol. The SMILES string of the molecule is CCCC(=O)N1C=CC=CC1. The number of carbonyl (C=O) groups excluding carboxylic acids is 1. The van der Waals surface area contributed by atoms with E-state index in [-0.39, 0.29) is 5.91 Å². The summed E-state index contributed by atoms with van der Waals surface area (Å²) in [6.45, 7) is 2.75. The molecule has 0 spiro atoms. The standard InChI is InChI=1S/C9H13NO/c1-2-6-9(11)10-7-4-3-5-8-10/h3-5,7H,2,6,8H2,1H3. The molecule has 0 aromatic carbocycles. The minimum absolute atomic E-state index is 0.216. The second-order valence-electron chi connectivity index (χ2n) is 2.57. The van der Waals surface area contributed by atoms with Gasteiger partial charge in [-0.2, -0.15) is 0 Å². The maximum atomic E-state index is 11.2. The molecule has 0 atom stereocenters. The average molecular weight is 151 g/mol. The fraction of sp³-hybridized carbons (Fsp3) is 0.444. The smallest absolute Gasteiger partial charge is 0.226 e. The van der Waals surface area contributed by atoms with Crippen LogP contribution in [0.25, 0.3) is 0 Å². The van der Waals surface area contributed by atoms with Gasteiger partial charge in [-0.1, -0.05) is 19.1 Å². The summed E-state index contributed by atoms with van der Waals surface area (Å²) in [5.74, 6) is 0.216. The summed E-state index contributed by atoms with van der Waals surface area (Å²) < 4.78 is 0. The summed E-state index contributed by atoms with van der Waals surface area (Å²) in [5.41, 5.74) is 0. The zero-order valence-corrected chi connectivity index (χ0v) is 6.79. The summed E-state index contributed by atoms with van der Waals surface area (Å²) in [7, 11) is 0. The molecule has 0 saturated carbocycles. The Morgan fingerprint density at radius 1 is 1.55 bits per heavy atom. The number of rotatable bonds is 2. The van der Waals surface area contributed by atoms with Gasteiger partial charge < -0.3 is 4.90 Å². The van der Waals surface area contributed by atoms with Crippen LogP contribution in [0.2, 0.25) is 0 Å². The summed E-state index contributed by atoms with van der Waals surface area (Å²) in [6.07, 6.45) is 9.23. The second-order valence-corrected chi connectivity index (χ2v) is 2.57. The highest BCUT2D eigenvalue weighted by Crippen LogP contribution is 2.02. The molecule has 11 heavy (non-hydrogen) atoms. The Kier molecular flexibility index (Phi) is 2.90. The summed E-state index contributed by atoms with van der Waals surface area (Å²) >= 11 is 0. The van der Waals surface area contributed by atoms with Crippen LogP contribution in [0.3, 0.4) is 0 Å². The second kappa shape index (κ2) is 3.96. The first-order valence-corrected chi connectivity index (χ1v) is 3.97. The molecular formula is C9H13NO. The van der Waals surface area contributed by atoms with Crippen LogP contribution in [0.1, 0.15) is 19.8 Å². The predicted octanol–water partition coefficient (Wildman–Crippen LogP) is 1.70. The first kappa shape index (κ1) is 8.05. The van der Waals surface area contributed by atoms with Crippen molar-refractivity contribution in [3.8, 4) is 0 Å². The Labute approximate surface area is 67.2 Å². The lowest BCUT2D eigenvalue weighted by atomic mass is 10.3. The number of carbonyl (C=O) groups is 1. The summed E-state index contributed by atoms with van der Waals surface area (Å²) in [5, 5.41) is 0. The van der Waals surface area contributed by atoms with Crippen LogP contribution < -0.4 is 0 Å². The number of nitrogens with zero attached hydrogens (tertiary/aromatic N) is 1. The van der Waals surface area contributed by atoms with Crippen LogP contribution in [0, 0.1) is 0 Å². The van der Waals surface area contributed by atoms with E-state index in [4.69, 9.17) is 0 Å². The molecular weight excluding hydrogens is 138 g/mol. The topological polar surface area (TPSA) is 20.3 Å². The Morgan fingerprint density at radius 3 is 2.91 bits per heavy atom. The molecule has 0 fully saturated rings. The maximum absolute atomic E-state index is 11.2. The van der Waals surface area contributed by atoms with Crippen molar-refractivity contribution in [3.05, 3.63) is 24.4 Å². The van der Waals surface area contributed by atoms with Gasteiger partial charge in [0, 0.05) is 19.2 Å². The predicted molar refractivity (Wildman–Crippen MR) is 44.9 cm³/mol. The molecule has 1 heterocycles. The number of hydrogen-bond donors (Lipinski definition) is 0. The van der Waals surface area contributed by atoms with Gasteiger partial charge in [0.15, 0.2) is 0 Å². The number of amides is 1. The van der Waals surface area contributed by atoms with Gasteiger partial charge in [0.05, 0.1) is 0 Å². The van der Waals surface area contributed by atoms with E-state index in [1.54, 1.807) is 4.90 Å². The van der Waals surface area contributed by atoms with E-state index in [0.29, 0.717) is 6.42 Å². The molecule has 0 unspecified atom stereocenters. The van der Waals surface area contributed by atoms with Crippen LogP contribution in [-0.2, 0) is 4.79 Å². The lowest BCUT2D eigenvalue weighted by Gasteiger charge is -2.17. The van der Waals surface area contributed by atoms with E-state index in [9.17, 15) is 4.79 Å². The molecule has 60 valence electrons. The van der Waals surface area contributed by atoms with Crippen LogP contribution in [0.4, 0.5) is 0 Å². The lowest BCUT2D eigenvalue weighted by Crippen LogP contribution is -2.26. The molecule has 0 radical (unpaired) electrons. The van der Waals surface area contributed by atoms with E-state index < -0.39 is 0 Å². The molecule has 2 heteroatoms. The fourth-order valence-corrected chi connectivity index (χ4v) is 1.01. The van der Waals surface area contributed by atoms with Crippen LogP contribution in [-0.4, -0.2) is 17.4 Å². The Bertz CT molecular complexity index is 194. The lowest BCUT2D eigenvalue weighted by molar-refractivity contribution is -0.128. The first-order valence-electron chi connectivity index (χ1n) is 3.97. The molecule has 0 N–H and O–H groups in total. The zero-order valence-electron chi connectivity index (χ0n) is 6.79. The first-order chi connectivity index (χ1) is 5.34. The van der Waals surface area contributed by atoms with Gasteiger partial charge in [0.1, 0.15) is 0 Å². The number of allylic oxidation sites excluding steroid dienone is 2. The summed E-state index contributed by atoms with van der Waals surface area (Å²) in [6, 6.07) is 0. The van der Waals surface area contributed by atoms with E-state index in [0.717, 1.165) is 13.0 Å². The van der Waals surface area contributed by atoms with Crippen molar-refractivity contribution in [3.63, 3.8) is 0 Å². The van der Waals surface area contributed by atoms with Gasteiger partial charge in [-0.05, 0) is 12.5 Å². The largest absolute Gasteiger partial charge is 0.315 e. The van der Waals surface area contributed by atoms with E-state index in [2.05, 4.69) is 0 Å². The quantitative estimate of drug-likeness (QED) is 0.588. The van der Waals surface area contributed by atoms with Gasteiger partial charge in [-0.3, -0.25) is 4.79 Å². The van der Waals surface area contributed by atoms with Crippen molar-refractivity contribution in [2.45, 2.75) is 19.8 Å². The molecule has 2 nitrogen and oxygen atoms in total. The minimum atomic E-state index is 0.216. The zero-order chi connectivity index (χ0) is 8.10. The fourth-order valence-electron chi connectivity index (χ4n) is 1.01. The molecule has 0 aromatic rings. The van der Waals surface area contributed by atoms with Crippen LogP contribution in [0.5, 0.6) is 0 Å². The Morgan fingerprint density at radius 2 is 2.36 bits per heavy atom. The molecule has 0 bridgehead atoms. The Balaban J connectivity index is 2.42. The molecule has 0 saturated heterocycles. The van der Waals surface area contributed by atoms with Crippen molar-refractivity contribution in [1.29, 1.82) is 0 Å². The van der Waals surface area contributed by atoms with Crippen molar-refractivity contribution < 1.29 is 4.79 Å². The van der Waals surface area contributed by atoms with Gasteiger partial charge in [-0.15, -0.1) is 0 Å². The molecule has 1 rings (SSSR count). The van der Waals surface area contributed by atoms with Gasteiger partial charge >= 0.3 is 0 Å². The van der Waals surface area contributed by atoms with Gasteiger partial charge in [0.25, 0.3) is 0 Å².